The first-order valence-corrected chi connectivity index (χ1v) is 6.46. The first-order chi connectivity index (χ1) is 9.01. The number of nitrogens with zero attached hydrogens (tertiary/aromatic N) is 1. The fourth-order valence-electron chi connectivity index (χ4n) is 2.13. The molecule has 1 fully saturated rings. The highest BCUT2D eigenvalue weighted by Crippen LogP contribution is 2.12. The standard InChI is InChI=1S/C12H23N3O4/c1-15-4-3-9(8-15)6-13-12(18)14-7-10(19-2)5-11(16)17/h9-10H,3-8H2,1-2H3,(H,16,17)(H2,13,14,18). The number of urea groups is 1. The third-order valence-corrected chi connectivity index (χ3v) is 3.27. The Balaban J connectivity index is 2.14. The van der Waals surface area contributed by atoms with Crippen molar-refractivity contribution in [2.75, 3.05) is 40.3 Å². The van der Waals surface area contributed by atoms with Crippen LogP contribution in [-0.2, 0) is 9.53 Å². The summed E-state index contributed by atoms with van der Waals surface area (Å²) in [6.07, 6.45) is 0.474. The van der Waals surface area contributed by atoms with Gasteiger partial charge in [-0.2, -0.15) is 0 Å². The van der Waals surface area contributed by atoms with E-state index in [-0.39, 0.29) is 19.0 Å². The predicted molar refractivity (Wildman–Crippen MR) is 70.1 cm³/mol. The van der Waals surface area contributed by atoms with Crippen molar-refractivity contribution >= 4 is 12.0 Å². The van der Waals surface area contributed by atoms with E-state index in [1.807, 2.05) is 0 Å². The van der Waals surface area contributed by atoms with Crippen molar-refractivity contribution in [2.24, 2.45) is 5.92 Å². The first kappa shape index (κ1) is 15.7. The van der Waals surface area contributed by atoms with E-state index in [0.717, 1.165) is 19.5 Å². The summed E-state index contributed by atoms with van der Waals surface area (Å²) in [6, 6.07) is -0.276. The topological polar surface area (TPSA) is 90.9 Å². The molecule has 7 heteroatoms. The first-order valence-electron chi connectivity index (χ1n) is 6.46. The van der Waals surface area contributed by atoms with Gasteiger partial charge in [0.15, 0.2) is 0 Å². The molecule has 2 amide bonds. The number of carbonyl (C=O) groups excluding carboxylic acids is 1. The number of methoxy groups -OCH3 is 1. The second-order valence-corrected chi connectivity index (χ2v) is 4.96. The predicted octanol–water partition coefficient (Wildman–Crippen LogP) is -0.273. The van der Waals surface area contributed by atoms with Crippen molar-refractivity contribution in [1.82, 2.24) is 15.5 Å². The third-order valence-electron chi connectivity index (χ3n) is 3.27. The average Bonchev–Trinajstić information content (AvgIpc) is 2.77. The van der Waals surface area contributed by atoms with Crippen LogP contribution in [0, 0.1) is 5.92 Å². The van der Waals surface area contributed by atoms with Gasteiger partial charge in [-0.1, -0.05) is 0 Å². The molecule has 0 aromatic rings. The molecule has 19 heavy (non-hydrogen) atoms. The zero-order chi connectivity index (χ0) is 14.3. The van der Waals surface area contributed by atoms with Gasteiger partial charge >= 0.3 is 12.0 Å². The number of nitrogens with one attached hydrogen (secondary N) is 2. The summed E-state index contributed by atoms with van der Waals surface area (Å²) in [4.78, 5) is 24.3. The lowest BCUT2D eigenvalue weighted by Gasteiger charge is -2.16. The molecule has 0 aromatic carbocycles. The van der Waals surface area contributed by atoms with Gasteiger partial charge in [-0.05, 0) is 25.9 Å². The van der Waals surface area contributed by atoms with Crippen LogP contribution in [0.4, 0.5) is 4.79 Å². The highest BCUT2D eigenvalue weighted by Gasteiger charge is 2.20. The number of hydrogen-bond donors (Lipinski definition) is 3. The molecule has 1 aliphatic rings. The molecular formula is C12H23N3O4. The number of rotatable bonds is 7. The fraction of sp³-hybridized carbons (Fsp3) is 0.833. The molecule has 0 radical (unpaired) electrons. The Bertz CT molecular complexity index is 311. The van der Waals surface area contributed by atoms with Crippen LogP contribution < -0.4 is 10.6 Å². The van der Waals surface area contributed by atoms with Crippen LogP contribution in [0.3, 0.4) is 0 Å². The molecule has 0 spiro atoms. The number of carboxylic acids is 1. The van der Waals surface area contributed by atoms with E-state index in [0.29, 0.717) is 12.5 Å². The zero-order valence-electron chi connectivity index (χ0n) is 11.5. The van der Waals surface area contributed by atoms with E-state index in [2.05, 4.69) is 22.6 Å². The highest BCUT2D eigenvalue weighted by molar-refractivity contribution is 5.74. The molecule has 1 rings (SSSR count). The summed E-state index contributed by atoms with van der Waals surface area (Å²) in [5.74, 6) is -0.448. The monoisotopic (exact) mass is 273 g/mol. The van der Waals surface area contributed by atoms with Gasteiger partial charge < -0.3 is 25.4 Å². The summed E-state index contributed by atoms with van der Waals surface area (Å²) >= 11 is 0. The van der Waals surface area contributed by atoms with Gasteiger partial charge in [-0.25, -0.2) is 4.79 Å². The molecule has 2 atom stereocenters. The van der Waals surface area contributed by atoms with Gasteiger partial charge in [0.2, 0.25) is 0 Å². The van der Waals surface area contributed by atoms with Crippen LogP contribution >= 0.6 is 0 Å². The van der Waals surface area contributed by atoms with Crippen LogP contribution in [0.15, 0.2) is 0 Å². The third kappa shape index (κ3) is 6.40. The van der Waals surface area contributed by atoms with E-state index >= 15 is 0 Å². The molecule has 2 unspecified atom stereocenters. The molecule has 0 bridgehead atoms. The number of hydrogen-bond acceptors (Lipinski definition) is 4. The van der Waals surface area contributed by atoms with E-state index in [1.165, 1.54) is 7.11 Å². The number of amides is 2. The second kappa shape index (κ2) is 7.96. The smallest absolute Gasteiger partial charge is 0.314 e. The number of aliphatic carboxylic acids is 1. The number of likely N-dealkylation sites (tertiary alicyclic amines) is 1. The van der Waals surface area contributed by atoms with Gasteiger partial charge in [0.1, 0.15) is 0 Å². The maximum atomic E-state index is 11.5. The van der Waals surface area contributed by atoms with Crippen molar-refractivity contribution < 1.29 is 19.4 Å². The fourth-order valence-corrected chi connectivity index (χ4v) is 2.13. The summed E-state index contributed by atoms with van der Waals surface area (Å²) < 4.78 is 4.97. The van der Waals surface area contributed by atoms with Crippen molar-refractivity contribution in [3.05, 3.63) is 0 Å². The number of ether oxygens (including phenoxy) is 1. The van der Waals surface area contributed by atoms with Gasteiger partial charge in [-0.15, -0.1) is 0 Å². The van der Waals surface area contributed by atoms with Crippen LogP contribution in [0.25, 0.3) is 0 Å². The molecule has 3 N–H and O–H groups in total. The van der Waals surface area contributed by atoms with Crippen molar-refractivity contribution in [3.63, 3.8) is 0 Å². The second-order valence-electron chi connectivity index (χ2n) is 4.96. The lowest BCUT2D eigenvalue weighted by Crippen LogP contribution is -2.42. The summed E-state index contributed by atoms with van der Waals surface area (Å²) in [7, 11) is 3.50. The molecule has 1 saturated heterocycles. The van der Waals surface area contributed by atoms with E-state index < -0.39 is 12.1 Å². The normalized spacial score (nSPS) is 21.1. The molecule has 0 saturated carbocycles. The number of carbonyl (C=O) groups is 2. The highest BCUT2D eigenvalue weighted by atomic mass is 16.5. The van der Waals surface area contributed by atoms with Crippen molar-refractivity contribution in [2.45, 2.75) is 18.9 Å². The SMILES string of the molecule is COC(CNC(=O)NCC1CCN(C)C1)CC(=O)O. The van der Waals surface area contributed by atoms with E-state index in [4.69, 9.17) is 9.84 Å². The maximum absolute atomic E-state index is 11.5. The Kier molecular flexibility index (Phi) is 6.58. The van der Waals surface area contributed by atoms with Crippen LogP contribution in [0.5, 0.6) is 0 Å². The van der Waals surface area contributed by atoms with Gasteiger partial charge in [0.05, 0.1) is 12.5 Å². The minimum atomic E-state index is -0.942. The average molecular weight is 273 g/mol. The summed E-state index contributed by atoms with van der Waals surface area (Å²) in [5.41, 5.74) is 0. The molecule has 1 aliphatic heterocycles. The van der Waals surface area contributed by atoms with Crippen LogP contribution in [0.2, 0.25) is 0 Å². The number of carboxylic acid groups (broad SMARTS) is 1. The van der Waals surface area contributed by atoms with Crippen LogP contribution in [0.1, 0.15) is 12.8 Å². The molecule has 0 aromatic heterocycles. The quantitative estimate of drug-likeness (QED) is 0.594. The molecular weight excluding hydrogens is 250 g/mol. The van der Waals surface area contributed by atoms with Crippen LogP contribution in [-0.4, -0.2) is 68.4 Å². The Morgan fingerprint density at radius 3 is 2.74 bits per heavy atom. The van der Waals surface area contributed by atoms with E-state index in [1.54, 1.807) is 0 Å². The Morgan fingerprint density at radius 1 is 1.47 bits per heavy atom. The minimum absolute atomic E-state index is 0.121. The molecule has 1 heterocycles. The van der Waals surface area contributed by atoms with E-state index in [9.17, 15) is 9.59 Å². The molecule has 7 nitrogen and oxygen atoms in total. The molecule has 0 aliphatic carbocycles. The van der Waals surface area contributed by atoms with Gasteiger partial charge in [-0.3, -0.25) is 4.79 Å². The zero-order valence-corrected chi connectivity index (χ0v) is 11.5. The summed E-state index contributed by atoms with van der Waals surface area (Å²) in [6.45, 7) is 2.91. The Hall–Kier alpha value is -1.34. The Morgan fingerprint density at radius 2 is 2.21 bits per heavy atom. The lowest BCUT2D eigenvalue weighted by atomic mass is 10.1. The minimum Gasteiger partial charge on any atom is -0.481 e. The van der Waals surface area contributed by atoms with Gasteiger partial charge in [0, 0.05) is 26.7 Å². The Labute approximate surface area is 113 Å². The van der Waals surface area contributed by atoms with Crippen molar-refractivity contribution in [1.29, 1.82) is 0 Å². The van der Waals surface area contributed by atoms with Crippen molar-refractivity contribution in [3.8, 4) is 0 Å². The lowest BCUT2D eigenvalue weighted by molar-refractivity contribution is -0.139. The van der Waals surface area contributed by atoms with Gasteiger partial charge in [0.25, 0.3) is 0 Å². The summed E-state index contributed by atoms with van der Waals surface area (Å²) in [5, 5.41) is 14.1. The maximum Gasteiger partial charge on any atom is 0.314 e. The molecule has 110 valence electrons. The largest absolute Gasteiger partial charge is 0.481 e.